The maximum atomic E-state index is 12.1. The molecule has 0 fully saturated rings. The van der Waals surface area contributed by atoms with Crippen molar-refractivity contribution < 1.29 is 13.6 Å². The van der Waals surface area contributed by atoms with E-state index in [1.54, 1.807) is 0 Å². The van der Waals surface area contributed by atoms with Crippen LogP contribution in [0.2, 0.25) is 0 Å². The van der Waals surface area contributed by atoms with Gasteiger partial charge in [0.1, 0.15) is 5.39 Å². The number of rotatable bonds is 4. The molecular weight excluding hydrogens is 278 g/mol. The van der Waals surface area contributed by atoms with Gasteiger partial charge in [0.25, 0.3) is 11.6 Å². The second-order valence-electron chi connectivity index (χ2n) is 4.25. The van der Waals surface area contributed by atoms with Gasteiger partial charge in [-0.3, -0.25) is 9.78 Å². The first-order valence-corrected chi connectivity index (χ1v) is 6.24. The number of nitrogens with one attached hydrogen (secondary N) is 1. The number of aromatic amines is 1. The summed E-state index contributed by atoms with van der Waals surface area (Å²) in [6.45, 7) is 1.88. The molecule has 8 nitrogen and oxygen atoms in total. The highest BCUT2D eigenvalue weighted by Crippen LogP contribution is 2.14. The number of nitrogens with zero attached hydrogens (tertiary/aromatic N) is 2. The van der Waals surface area contributed by atoms with E-state index in [0.717, 1.165) is 0 Å². The van der Waals surface area contributed by atoms with Gasteiger partial charge in [0.2, 0.25) is 5.71 Å². The van der Waals surface area contributed by atoms with Crippen molar-refractivity contribution in [2.24, 2.45) is 0 Å². The molecule has 0 saturated heterocycles. The highest BCUT2D eigenvalue weighted by atomic mass is 16.5. The summed E-state index contributed by atoms with van der Waals surface area (Å²) in [5.74, 6) is 0.474. The topological polar surface area (TPSA) is 111 Å². The van der Waals surface area contributed by atoms with Crippen molar-refractivity contribution in [2.45, 2.75) is 20.0 Å². The van der Waals surface area contributed by atoms with Crippen molar-refractivity contribution in [2.75, 3.05) is 0 Å². The smallest absolute Gasteiger partial charge is 0.337 e. The Labute approximate surface area is 117 Å². The summed E-state index contributed by atoms with van der Waals surface area (Å²) in [7, 11) is 0. The molecule has 0 saturated carbocycles. The molecule has 3 aromatic heterocycles. The quantitative estimate of drug-likeness (QED) is 0.762. The number of hydrogen-bond donors (Lipinski definition) is 1. The van der Waals surface area contributed by atoms with Crippen LogP contribution in [0.1, 0.15) is 18.2 Å². The van der Waals surface area contributed by atoms with E-state index >= 15 is 0 Å². The van der Waals surface area contributed by atoms with E-state index in [-0.39, 0.29) is 23.7 Å². The standard InChI is InChI=1S/C13H11N3O5/c1-2-7-3-9(17)21-12-10(7)11(18)15-13(16-12)19-5-8-4-14-6-20-8/h3-4,6H,2,5H2,1H3,(H,15,16,18). The molecule has 0 aliphatic rings. The van der Waals surface area contributed by atoms with Crippen LogP contribution in [0.15, 0.2) is 37.1 Å². The SMILES string of the molecule is CCc1cc(=O)oc2nc(OCc3cnco3)[nH]c(=O)c12. The number of hydrogen-bond acceptors (Lipinski definition) is 7. The Morgan fingerprint density at radius 3 is 2.95 bits per heavy atom. The van der Waals surface area contributed by atoms with E-state index in [4.69, 9.17) is 13.6 Å². The monoisotopic (exact) mass is 289 g/mol. The molecule has 0 aliphatic heterocycles. The lowest BCUT2D eigenvalue weighted by molar-refractivity contribution is 0.249. The molecule has 0 aromatic carbocycles. The largest absolute Gasteiger partial charge is 0.456 e. The summed E-state index contributed by atoms with van der Waals surface area (Å²) in [6, 6.07) is 1.23. The van der Waals surface area contributed by atoms with Crippen molar-refractivity contribution in [3.05, 3.63) is 50.8 Å². The minimum absolute atomic E-state index is 0.0457. The third kappa shape index (κ3) is 2.55. The van der Waals surface area contributed by atoms with Crippen LogP contribution in [-0.2, 0) is 13.0 Å². The highest BCUT2D eigenvalue weighted by Gasteiger charge is 2.12. The van der Waals surface area contributed by atoms with Gasteiger partial charge in [-0.25, -0.2) is 9.78 Å². The van der Waals surface area contributed by atoms with Crippen LogP contribution in [0, 0.1) is 0 Å². The molecule has 108 valence electrons. The number of H-pyrrole nitrogens is 1. The van der Waals surface area contributed by atoms with E-state index in [2.05, 4.69) is 15.0 Å². The summed E-state index contributed by atoms with van der Waals surface area (Å²) in [5.41, 5.74) is -0.445. The van der Waals surface area contributed by atoms with Crippen molar-refractivity contribution >= 4 is 11.1 Å². The minimum Gasteiger partial charge on any atom is -0.456 e. The molecule has 0 radical (unpaired) electrons. The molecule has 0 atom stereocenters. The number of ether oxygens (including phenoxy) is 1. The van der Waals surface area contributed by atoms with Crippen molar-refractivity contribution in [1.82, 2.24) is 15.0 Å². The van der Waals surface area contributed by atoms with Crippen LogP contribution in [0.4, 0.5) is 0 Å². The van der Waals surface area contributed by atoms with Gasteiger partial charge < -0.3 is 13.6 Å². The number of fused-ring (bicyclic) bond motifs is 1. The number of aromatic nitrogens is 3. The molecule has 1 N–H and O–H groups in total. The third-order valence-corrected chi connectivity index (χ3v) is 2.89. The van der Waals surface area contributed by atoms with Gasteiger partial charge in [-0.15, -0.1) is 0 Å². The van der Waals surface area contributed by atoms with E-state index in [1.165, 1.54) is 18.7 Å². The second-order valence-corrected chi connectivity index (χ2v) is 4.25. The molecule has 0 amide bonds. The summed E-state index contributed by atoms with van der Waals surface area (Å²) in [4.78, 5) is 33.8. The van der Waals surface area contributed by atoms with Crippen molar-refractivity contribution in [3.63, 3.8) is 0 Å². The molecule has 0 spiro atoms. The predicted molar refractivity (Wildman–Crippen MR) is 71.1 cm³/mol. The lowest BCUT2D eigenvalue weighted by Crippen LogP contribution is -2.15. The molecule has 8 heteroatoms. The lowest BCUT2D eigenvalue weighted by Gasteiger charge is -2.05. The normalized spacial score (nSPS) is 10.9. The molecule has 3 aromatic rings. The van der Waals surface area contributed by atoms with E-state index in [0.29, 0.717) is 17.7 Å². The zero-order valence-electron chi connectivity index (χ0n) is 11.1. The Bertz CT molecular complexity index is 879. The first-order chi connectivity index (χ1) is 10.2. The van der Waals surface area contributed by atoms with Gasteiger partial charge in [-0.1, -0.05) is 6.92 Å². The van der Waals surface area contributed by atoms with Gasteiger partial charge in [0.15, 0.2) is 18.8 Å². The molecule has 3 heterocycles. The predicted octanol–water partition coefficient (Wildman–Crippen LogP) is 1.01. The zero-order chi connectivity index (χ0) is 14.8. The maximum absolute atomic E-state index is 12.1. The Morgan fingerprint density at radius 1 is 1.38 bits per heavy atom. The average Bonchev–Trinajstić information content (AvgIpc) is 2.97. The van der Waals surface area contributed by atoms with E-state index in [9.17, 15) is 9.59 Å². The summed E-state index contributed by atoms with van der Waals surface area (Å²) in [5, 5.41) is 0.254. The number of oxazole rings is 1. The van der Waals surface area contributed by atoms with Crippen molar-refractivity contribution in [1.29, 1.82) is 0 Å². The maximum Gasteiger partial charge on any atom is 0.337 e. The Hall–Kier alpha value is -2.90. The van der Waals surface area contributed by atoms with Gasteiger partial charge >= 0.3 is 5.63 Å². The fourth-order valence-electron chi connectivity index (χ4n) is 1.93. The first kappa shape index (κ1) is 13.1. The van der Waals surface area contributed by atoms with Crippen LogP contribution in [0.3, 0.4) is 0 Å². The van der Waals surface area contributed by atoms with Gasteiger partial charge in [0.05, 0.1) is 6.20 Å². The van der Waals surface area contributed by atoms with Crippen molar-refractivity contribution in [3.8, 4) is 6.01 Å². The Kier molecular flexibility index (Phi) is 3.27. The van der Waals surface area contributed by atoms with Crippen LogP contribution >= 0.6 is 0 Å². The molecule has 0 bridgehead atoms. The van der Waals surface area contributed by atoms with E-state index < -0.39 is 11.2 Å². The Morgan fingerprint density at radius 2 is 2.24 bits per heavy atom. The van der Waals surface area contributed by atoms with E-state index in [1.807, 2.05) is 6.92 Å². The van der Waals surface area contributed by atoms with Crippen LogP contribution in [0.25, 0.3) is 11.1 Å². The second kappa shape index (κ2) is 5.23. The van der Waals surface area contributed by atoms with Crippen LogP contribution in [0.5, 0.6) is 6.01 Å². The molecule has 0 unspecified atom stereocenters. The molecule has 0 aliphatic carbocycles. The fourth-order valence-corrected chi connectivity index (χ4v) is 1.93. The minimum atomic E-state index is -0.557. The summed E-state index contributed by atoms with van der Waals surface area (Å²) in [6.07, 6.45) is 3.27. The van der Waals surface area contributed by atoms with Crippen LogP contribution < -0.4 is 15.9 Å². The van der Waals surface area contributed by atoms with Gasteiger partial charge in [-0.2, -0.15) is 4.98 Å². The lowest BCUT2D eigenvalue weighted by atomic mass is 10.1. The fraction of sp³-hybridized carbons (Fsp3) is 0.231. The van der Waals surface area contributed by atoms with Crippen LogP contribution in [-0.4, -0.2) is 15.0 Å². The summed E-state index contributed by atoms with van der Waals surface area (Å²) < 4.78 is 15.2. The molecule has 3 rings (SSSR count). The van der Waals surface area contributed by atoms with Gasteiger partial charge in [0, 0.05) is 6.07 Å². The highest BCUT2D eigenvalue weighted by molar-refractivity contribution is 5.75. The third-order valence-electron chi connectivity index (χ3n) is 2.89. The first-order valence-electron chi connectivity index (χ1n) is 6.24. The average molecular weight is 289 g/mol. The zero-order valence-corrected chi connectivity index (χ0v) is 11.1. The molecule has 21 heavy (non-hydrogen) atoms. The molecular formula is C13H11N3O5. The van der Waals surface area contributed by atoms with Gasteiger partial charge in [-0.05, 0) is 12.0 Å². The number of aryl methyl sites for hydroxylation is 1. The Balaban J connectivity index is 2.02. The summed E-state index contributed by atoms with van der Waals surface area (Å²) >= 11 is 0.